The molecule has 1 saturated heterocycles. The highest BCUT2D eigenvalue weighted by atomic mass is 16.5. The normalized spacial score (nSPS) is 22.0. The lowest BCUT2D eigenvalue weighted by Gasteiger charge is -2.29. The summed E-state index contributed by atoms with van der Waals surface area (Å²) in [5.74, 6) is 1.61. The van der Waals surface area contributed by atoms with Crippen molar-refractivity contribution in [2.45, 2.75) is 51.5 Å². The molecule has 1 unspecified atom stereocenters. The Kier molecular flexibility index (Phi) is 5.40. The minimum Gasteiger partial charge on any atom is -0.497 e. The lowest BCUT2D eigenvalue weighted by atomic mass is 9.89. The second-order valence-corrected chi connectivity index (χ2v) is 7.64. The van der Waals surface area contributed by atoms with Gasteiger partial charge < -0.3 is 19.7 Å². The molecule has 2 aliphatic rings. The number of nitrogens with zero attached hydrogens (tertiary/aromatic N) is 1. The lowest BCUT2D eigenvalue weighted by Crippen LogP contribution is -2.43. The van der Waals surface area contributed by atoms with Crippen molar-refractivity contribution in [3.63, 3.8) is 0 Å². The summed E-state index contributed by atoms with van der Waals surface area (Å²) in [7, 11) is 3.33. The predicted molar refractivity (Wildman–Crippen MR) is 98.2 cm³/mol. The molecular weight excluding hydrogens is 316 g/mol. The molecule has 2 amide bonds. The average molecular weight is 346 g/mol. The number of ether oxygens (including phenoxy) is 2. The zero-order valence-electron chi connectivity index (χ0n) is 15.6. The van der Waals surface area contributed by atoms with E-state index in [2.05, 4.69) is 12.2 Å². The molecule has 1 heterocycles. The van der Waals surface area contributed by atoms with Crippen LogP contribution in [0.1, 0.15) is 57.1 Å². The number of hydrogen-bond donors (Lipinski definition) is 1. The first kappa shape index (κ1) is 17.9. The van der Waals surface area contributed by atoms with Gasteiger partial charge in [-0.05, 0) is 49.3 Å². The van der Waals surface area contributed by atoms with Crippen LogP contribution < -0.4 is 14.8 Å². The monoisotopic (exact) mass is 346 g/mol. The zero-order chi connectivity index (χ0) is 17.9. The van der Waals surface area contributed by atoms with Crippen LogP contribution in [0, 0.1) is 5.41 Å². The number of hydrogen-bond acceptors (Lipinski definition) is 3. The molecule has 2 fully saturated rings. The van der Waals surface area contributed by atoms with E-state index < -0.39 is 0 Å². The Balaban J connectivity index is 1.72. The van der Waals surface area contributed by atoms with Crippen molar-refractivity contribution in [3.05, 3.63) is 23.8 Å². The smallest absolute Gasteiger partial charge is 0.317 e. The molecule has 1 N–H and O–H groups in total. The molecule has 25 heavy (non-hydrogen) atoms. The second-order valence-electron chi connectivity index (χ2n) is 7.64. The number of carbonyl (C=O) groups is 1. The van der Waals surface area contributed by atoms with Crippen molar-refractivity contribution < 1.29 is 14.3 Å². The van der Waals surface area contributed by atoms with E-state index >= 15 is 0 Å². The van der Waals surface area contributed by atoms with Gasteiger partial charge in [0.1, 0.15) is 11.5 Å². The third-order valence-corrected chi connectivity index (χ3v) is 5.79. The van der Waals surface area contributed by atoms with Gasteiger partial charge in [0, 0.05) is 18.7 Å². The van der Waals surface area contributed by atoms with Crippen LogP contribution in [0.2, 0.25) is 0 Å². The van der Waals surface area contributed by atoms with E-state index in [9.17, 15) is 4.79 Å². The summed E-state index contributed by atoms with van der Waals surface area (Å²) in [6.07, 6.45) is 6.93. The van der Waals surface area contributed by atoms with Gasteiger partial charge >= 0.3 is 6.03 Å². The maximum atomic E-state index is 12.8. The number of rotatable bonds is 5. The van der Waals surface area contributed by atoms with E-state index in [1.54, 1.807) is 14.2 Å². The molecule has 0 radical (unpaired) electrons. The highest BCUT2D eigenvalue weighted by molar-refractivity contribution is 5.75. The Hall–Kier alpha value is -1.91. The SMILES string of the molecule is COc1ccc(OC)c(C2CCCN2C(=O)NCC2(C)CCCC2)c1. The van der Waals surface area contributed by atoms with E-state index in [-0.39, 0.29) is 17.5 Å². The lowest BCUT2D eigenvalue weighted by molar-refractivity contribution is 0.185. The number of carbonyl (C=O) groups excluding carboxylic acids is 1. The van der Waals surface area contributed by atoms with Gasteiger partial charge in [-0.1, -0.05) is 19.8 Å². The first-order valence-corrected chi connectivity index (χ1v) is 9.33. The Morgan fingerprint density at radius 2 is 2.00 bits per heavy atom. The van der Waals surface area contributed by atoms with Crippen LogP contribution in [0.3, 0.4) is 0 Å². The summed E-state index contributed by atoms with van der Waals surface area (Å²) in [4.78, 5) is 14.8. The zero-order valence-corrected chi connectivity index (χ0v) is 15.6. The summed E-state index contributed by atoms with van der Waals surface area (Å²) in [5.41, 5.74) is 1.29. The molecule has 3 rings (SSSR count). The number of likely N-dealkylation sites (tertiary alicyclic amines) is 1. The molecule has 1 aromatic carbocycles. The van der Waals surface area contributed by atoms with Crippen LogP contribution in [0.5, 0.6) is 11.5 Å². The van der Waals surface area contributed by atoms with Gasteiger partial charge in [-0.2, -0.15) is 0 Å². The van der Waals surface area contributed by atoms with Crippen LogP contribution in [0.25, 0.3) is 0 Å². The number of amides is 2. The van der Waals surface area contributed by atoms with Crippen LogP contribution in [-0.4, -0.2) is 38.2 Å². The van der Waals surface area contributed by atoms with E-state index in [4.69, 9.17) is 9.47 Å². The molecule has 1 aromatic rings. The highest BCUT2D eigenvalue weighted by Gasteiger charge is 2.34. The Bertz CT molecular complexity index is 611. The number of benzene rings is 1. The fourth-order valence-corrected chi connectivity index (χ4v) is 4.23. The van der Waals surface area contributed by atoms with Gasteiger partial charge in [0.05, 0.1) is 20.3 Å². The highest BCUT2D eigenvalue weighted by Crippen LogP contribution is 2.40. The predicted octanol–water partition coefficient (Wildman–Crippen LogP) is 4.13. The molecule has 0 aromatic heterocycles. The maximum absolute atomic E-state index is 12.8. The fourth-order valence-electron chi connectivity index (χ4n) is 4.23. The van der Waals surface area contributed by atoms with E-state index in [0.717, 1.165) is 43.0 Å². The Labute approximate surface area is 150 Å². The van der Waals surface area contributed by atoms with Crippen molar-refractivity contribution in [2.24, 2.45) is 5.41 Å². The van der Waals surface area contributed by atoms with Gasteiger partial charge in [0.15, 0.2) is 0 Å². The molecule has 0 spiro atoms. The molecule has 1 saturated carbocycles. The van der Waals surface area contributed by atoms with Crippen molar-refractivity contribution in [3.8, 4) is 11.5 Å². The molecule has 138 valence electrons. The molecule has 5 nitrogen and oxygen atoms in total. The van der Waals surface area contributed by atoms with Crippen LogP contribution in [0.15, 0.2) is 18.2 Å². The fraction of sp³-hybridized carbons (Fsp3) is 0.650. The minimum absolute atomic E-state index is 0.0421. The average Bonchev–Trinajstić information content (AvgIpc) is 3.28. The van der Waals surface area contributed by atoms with Gasteiger partial charge in [0.25, 0.3) is 0 Å². The van der Waals surface area contributed by atoms with Crippen LogP contribution >= 0.6 is 0 Å². The Morgan fingerprint density at radius 3 is 2.68 bits per heavy atom. The second kappa shape index (κ2) is 7.54. The van der Waals surface area contributed by atoms with Crippen LogP contribution in [-0.2, 0) is 0 Å². The van der Waals surface area contributed by atoms with Gasteiger partial charge in [-0.25, -0.2) is 4.79 Å². The van der Waals surface area contributed by atoms with Crippen molar-refractivity contribution in [2.75, 3.05) is 27.3 Å². The first-order chi connectivity index (χ1) is 12.1. The van der Waals surface area contributed by atoms with E-state index in [1.165, 1.54) is 25.7 Å². The topological polar surface area (TPSA) is 50.8 Å². The van der Waals surface area contributed by atoms with Gasteiger partial charge in [0.2, 0.25) is 0 Å². The summed E-state index contributed by atoms with van der Waals surface area (Å²) in [5, 5.41) is 3.19. The van der Waals surface area contributed by atoms with Gasteiger partial charge in [-0.15, -0.1) is 0 Å². The third kappa shape index (κ3) is 3.86. The van der Waals surface area contributed by atoms with E-state index in [0.29, 0.717) is 0 Å². The van der Waals surface area contributed by atoms with Crippen molar-refractivity contribution in [1.82, 2.24) is 10.2 Å². The number of methoxy groups -OCH3 is 2. The largest absolute Gasteiger partial charge is 0.497 e. The standard InChI is InChI=1S/C20H30N2O3/c1-20(10-4-5-11-20)14-21-19(23)22-12-6-7-17(22)16-13-15(24-2)8-9-18(16)25-3/h8-9,13,17H,4-7,10-12,14H2,1-3H3,(H,21,23). The van der Waals surface area contributed by atoms with Crippen molar-refractivity contribution >= 4 is 6.03 Å². The van der Waals surface area contributed by atoms with E-state index in [1.807, 2.05) is 23.1 Å². The maximum Gasteiger partial charge on any atom is 0.317 e. The summed E-state index contributed by atoms with van der Waals surface area (Å²) < 4.78 is 10.9. The van der Waals surface area contributed by atoms with Gasteiger partial charge in [-0.3, -0.25) is 0 Å². The quantitative estimate of drug-likeness (QED) is 0.872. The molecule has 5 heteroatoms. The molecule has 1 aliphatic heterocycles. The van der Waals surface area contributed by atoms with Crippen molar-refractivity contribution in [1.29, 1.82) is 0 Å². The molecular formula is C20H30N2O3. The summed E-state index contributed by atoms with van der Waals surface area (Å²) >= 11 is 0. The Morgan fingerprint density at radius 1 is 1.24 bits per heavy atom. The summed E-state index contributed by atoms with van der Waals surface area (Å²) in [6.45, 7) is 3.84. The number of nitrogens with one attached hydrogen (secondary N) is 1. The van der Waals surface area contributed by atoms with Crippen LogP contribution in [0.4, 0.5) is 4.79 Å². The minimum atomic E-state index is 0.0421. The molecule has 1 atom stereocenters. The summed E-state index contributed by atoms with van der Waals surface area (Å²) in [6, 6.07) is 5.89. The third-order valence-electron chi connectivity index (χ3n) is 5.79. The molecule has 1 aliphatic carbocycles. The molecule has 0 bridgehead atoms. The first-order valence-electron chi connectivity index (χ1n) is 9.33. The number of urea groups is 1.